The first-order valence-electron chi connectivity index (χ1n) is 14.0. The summed E-state index contributed by atoms with van der Waals surface area (Å²) in [6.45, 7) is 4.36. The monoisotopic (exact) mass is 542 g/mol. The standard InChI is InChI=1S/C36H26N6/c1-36(2)22-21-27-30(36)31(38-35(37-27)42-28-19-11-9-17-25(28)26-18-10-12-20-29(26)42)34-40-32(23-13-5-3-6-14-23)39-33(41-34)24-15-7-4-8-16-24/h3-22H,1-2H3. The van der Waals surface area contributed by atoms with Crippen LogP contribution in [0.2, 0.25) is 0 Å². The Kier molecular flexibility index (Phi) is 5.37. The summed E-state index contributed by atoms with van der Waals surface area (Å²) in [5.41, 5.74) is 6.25. The van der Waals surface area contributed by atoms with Crippen molar-refractivity contribution in [3.8, 4) is 40.2 Å². The summed E-state index contributed by atoms with van der Waals surface area (Å²) < 4.78 is 2.14. The number of rotatable bonds is 4. The molecule has 0 amide bonds. The molecule has 1 aliphatic carbocycles. The van der Waals surface area contributed by atoms with Crippen molar-refractivity contribution < 1.29 is 0 Å². The molecule has 0 N–H and O–H groups in total. The molecule has 0 saturated carbocycles. The van der Waals surface area contributed by atoms with Crippen LogP contribution in [0.25, 0.3) is 68.1 Å². The van der Waals surface area contributed by atoms with E-state index in [4.69, 9.17) is 24.9 Å². The molecule has 4 aromatic carbocycles. The molecule has 6 heteroatoms. The Labute approximate surface area is 243 Å². The van der Waals surface area contributed by atoms with Gasteiger partial charge in [-0.1, -0.05) is 117 Å². The number of nitrogens with zero attached hydrogens (tertiary/aromatic N) is 6. The second-order valence-electron chi connectivity index (χ2n) is 11.1. The van der Waals surface area contributed by atoms with Gasteiger partial charge in [0, 0.05) is 32.9 Å². The summed E-state index contributed by atoms with van der Waals surface area (Å²) in [4.78, 5) is 25.4. The van der Waals surface area contributed by atoms with Gasteiger partial charge in [0.25, 0.3) is 0 Å². The van der Waals surface area contributed by atoms with Gasteiger partial charge in [-0.05, 0) is 18.2 Å². The Balaban J connectivity index is 1.44. The Hall–Kier alpha value is -5.49. The van der Waals surface area contributed by atoms with Crippen LogP contribution in [0, 0.1) is 0 Å². The van der Waals surface area contributed by atoms with Crippen LogP contribution in [0.5, 0.6) is 0 Å². The minimum absolute atomic E-state index is 0.295. The maximum Gasteiger partial charge on any atom is 0.235 e. The lowest BCUT2D eigenvalue weighted by Gasteiger charge is -2.21. The zero-order valence-corrected chi connectivity index (χ0v) is 23.2. The molecule has 8 rings (SSSR count). The fourth-order valence-electron chi connectivity index (χ4n) is 5.91. The van der Waals surface area contributed by atoms with E-state index in [2.05, 4.69) is 79.1 Å². The summed E-state index contributed by atoms with van der Waals surface area (Å²) in [5, 5.41) is 2.32. The minimum atomic E-state index is -0.295. The van der Waals surface area contributed by atoms with E-state index < -0.39 is 0 Å². The summed E-state index contributed by atoms with van der Waals surface area (Å²) in [5.74, 6) is 2.33. The molecule has 200 valence electrons. The van der Waals surface area contributed by atoms with Gasteiger partial charge in [0.1, 0.15) is 5.69 Å². The van der Waals surface area contributed by atoms with E-state index in [0.717, 1.165) is 44.2 Å². The van der Waals surface area contributed by atoms with Gasteiger partial charge in [0.15, 0.2) is 17.5 Å². The molecule has 3 aromatic heterocycles. The summed E-state index contributed by atoms with van der Waals surface area (Å²) in [6, 6.07) is 36.8. The number of fused-ring (bicyclic) bond motifs is 4. The van der Waals surface area contributed by atoms with Crippen molar-refractivity contribution in [1.29, 1.82) is 0 Å². The van der Waals surface area contributed by atoms with E-state index in [-0.39, 0.29) is 5.41 Å². The van der Waals surface area contributed by atoms with Crippen molar-refractivity contribution in [1.82, 2.24) is 29.5 Å². The quantitative estimate of drug-likeness (QED) is 0.225. The van der Waals surface area contributed by atoms with Gasteiger partial charge in [0.05, 0.1) is 16.7 Å². The Morgan fingerprint density at radius 2 is 1.02 bits per heavy atom. The Morgan fingerprint density at radius 1 is 0.524 bits per heavy atom. The van der Waals surface area contributed by atoms with Gasteiger partial charge in [-0.3, -0.25) is 4.57 Å². The van der Waals surface area contributed by atoms with Gasteiger partial charge >= 0.3 is 0 Å². The van der Waals surface area contributed by atoms with Gasteiger partial charge in [-0.2, -0.15) is 0 Å². The van der Waals surface area contributed by atoms with Gasteiger partial charge < -0.3 is 0 Å². The van der Waals surface area contributed by atoms with E-state index in [1.54, 1.807) is 0 Å². The molecule has 0 aliphatic heterocycles. The van der Waals surface area contributed by atoms with E-state index >= 15 is 0 Å². The molecular formula is C36H26N6. The topological polar surface area (TPSA) is 69.4 Å². The second-order valence-corrected chi connectivity index (χ2v) is 11.1. The van der Waals surface area contributed by atoms with Crippen LogP contribution in [0.3, 0.4) is 0 Å². The van der Waals surface area contributed by atoms with Gasteiger partial charge in [-0.25, -0.2) is 24.9 Å². The first-order valence-corrected chi connectivity index (χ1v) is 14.0. The van der Waals surface area contributed by atoms with Crippen molar-refractivity contribution in [2.75, 3.05) is 0 Å². The first-order chi connectivity index (χ1) is 20.6. The predicted molar refractivity (Wildman–Crippen MR) is 168 cm³/mol. The van der Waals surface area contributed by atoms with Crippen LogP contribution >= 0.6 is 0 Å². The number of allylic oxidation sites excluding steroid dienone is 1. The van der Waals surface area contributed by atoms with Crippen LogP contribution < -0.4 is 0 Å². The normalized spacial score (nSPS) is 13.6. The highest BCUT2D eigenvalue weighted by atomic mass is 15.2. The second kappa shape index (κ2) is 9.28. The maximum atomic E-state index is 5.28. The highest BCUT2D eigenvalue weighted by Crippen LogP contribution is 2.41. The van der Waals surface area contributed by atoms with E-state index in [0.29, 0.717) is 29.1 Å². The molecule has 7 aromatic rings. The molecule has 42 heavy (non-hydrogen) atoms. The molecule has 0 saturated heterocycles. The van der Waals surface area contributed by atoms with Crippen molar-refractivity contribution in [2.45, 2.75) is 19.3 Å². The van der Waals surface area contributed by atoms with Crippen molar-refractivity contribution >= 4 is 27.9 Å². The third kappa shape index (κ3) is 3.84. The molecule has 3 heterocycles. The molecule has 0 unspecified atom stereocenters. The van der Waals surface area contributed by atoms with Crippen molar-refractivity contribution in [3.63, 3.8) is 0 Å². The zero-order valence-electron chi connectivity index (χ0n) is 23.2. The van der Waals surface area contributed by atoms with E-state index in [1.165, 1.54) is 0 Å². The smallest absolute Gasteiger partial charge is 0.235 e. The summed E-state index contributed by atoms with van der Waals surface area (Å²) >= 11 is 0. The molecule has 0 fully saturated rings. The Bertz CT molecular complexity index is 2050. The van der Waals surface area contributed by atoms with Crippen molar-refractivity contribution in [3.05, 3.63) is 127 Å². The lowest BCUT2D eigenvalue weighted by Crippen LogP contribution is -2.17. The SMILES string of the molecule is CC1(C)C=Cc2nc(-n3c4ccccc4c4ccccc43)nc(-c3nc(-c4ccccc4)nc(-c4ccccc4)n3)c21. The number of aromatic nitrogens is 6. The first kappa shape index (κ1) is 24.3. The van der Waals surface area contributed by atoms with Crippen LogP contribution in [0.15, 0.2) is 115 Å². The molecular weight excluding hydrogens is 516 g/mol. The highest BCUT2D eigenvalue weighted by Gasteiger charge is 2.33. The van der Waals surface area contributed by atoms with E-state index in [1.807, 2.05) is 60.7 Å². The highest BCUT2D eigenvalue weighted by molar-refractivity contribution is 6.09. The van der Waals surface area contributed by atoms with Crippen LogP contribution in [0.1, 0.15) is 25.1 Å². The average Bonchev–Trinajstić information content (AvgIpc) is 3.55. The van der Waals surface area contributed by atoms with Crippen LogP contribution in [0.4, 0.5) is 0 Å². The summed E-state index contributed by atoms with van der Waals surface area (Å²) in [7, 11) is 0. The lowest BCUT2D eigenvalue weighted by molar-refractivity contribution is 0.675. The number of benzene rings is 4. The molecule has 0 radical (unpaired) electrons. The van der Waals surface area contributed by atoms with Crippen LogP contribution in [-0.2, 0) is 5.41 Å². The third-order valence-corrected chi connectivity index (χ3v) is 7.92. The molecule has 0 atom stereocenters. The molecule has 0 spiro atoms. The lowest BCUT2D eigenvalue weighted by atomic mass is 9.86. The average molecular weight is 543 g/mol. The molecule has 1 aliphatic rings. The fourth-order valence-corrected chi connectivity index (χ4v) is 5.91. The van der Waals surface area contributed by atoms with Crippen LogP contribution in [-0.4, -0.2) is 29.5 Å². The largest absolute Gasteiger partial charge is 0.278 e. The minimum Gasteiger partial charge on any atom is -0.278 e. The summed E-state index contributed by atoms with van der Waals surface area (Å²) in [6.07, 6.45) is 4.28. The molecule has 6 nitrogen and oxygen atoms in total. The fraction of sp³-hybridized carbons (Fsp3) is 0.0833. The van der Waals surface area contributed by atoms with Crippen molar-refractivity contribution in [2.24, 2.45) is 0 Å². The number of hydrogen-bond acceptors (Lipinski definition) is 5. The van der Waals surface area contributed by atoms with E-state index in [9.17, 15) is 0 Å². The van der Waals surface area contributed by atoms with Gasteiger partial charge in [-0.15, -0.1) is 0 Å². The zero-order chi connectivity index (χ0) is 28.3. The molecule has 0 bridgehead atoms. The number of para-hydroxylation sites is 2. The third-order valence-electron chi connectivity index (χ3n) is 7.92. The predicted octanol–water partition coefficient (Wildman–Crippen LogP) is 8.06. The Morgan fingerprint density at radius 3 is 1.60 bits per heavy atom. The van der Waals surface area contributed by atoms with Gasteiger partial charge in [0.2, 0.25) is 5.95 Å². The number of hydrogen-bond donors (Lipinski definition) is 0. The maximum absolute atomic E-state index is 5.28.